The fraction of sp³-hybridized carbons (Fsp3) is 0.328. The molecule has 0 radical (unpaired) electrons. The van der Waals surface area contributed by atoms with Crippen LogP contribution >= 0.6 is 0 Å². The molecule has 22 rings (SSSR count). The molecule has 15 nitrogen and oxygen atoms in total. The molecule has 0 N–H and O–H groups in total. The second-order valence-corrected chi connectivity index (χ2v) is 38.6. The standard InChI is InChI=1S/C26H29N2O.C25H29N2O.2C23H25N2O.C22H21N2O/c1-16-10-11-20-21-12-13-22(19-8-6-5-7-9-19)27-26(21)29-25(20)24(16)23-14-17(2)18(3)15-28(23)4;1-15-8-10-19-20-11-9-18(13-25(4,5)6)26-24(20)28-23(19)22(15)21-12-16(2)17(3)14-27(21)7;2*1-13(2)19-12-25(6)20(11-15(19)4)21-14(3)7-9-17-18-10-8-16(5)24-23(18)26-22(17)21;1-12(2)18-9-19-20-15(11-24(19)10-13(18)3)6-8-16-17-7-5-14(4)23-22(17)25-21(16)20/h10-15,19H,5-9H2,1-4H3;8-12,14H,13H2,1-7H3;2*7-13H,1-6H3;5-10,12H,11H2,1-4H3/q5*+1/i3D3,8D2,9D2,19D;3D3;1D3,13D;;3D3. The summed E-state index contributed by atoms with van der Waals surface area (Å²) < 4.78 is 187. The molecule has 2 aliphatic rings. The number of benzene rings is 5. The Bertz CT molecular complexity index is 8960. The smallest absolute Gasteiger partial charge is 0.227 e. The Morgan fingerprint density at radius 2 is 0.716 bits per heavy atom. The van der Waals surface area contributed by atoms with Crippen molar-refractivity contribution >= 4 is 110 Å². The lowest BCUT2D eigenvalue weighted by Crippen LogP contribution is -2.32. The highest BCUT2D eigenvalue weighted by Crippen LogP contribution is 2.46. The zero-order valence-corrected chi connectivity index (χ0v) is 81.0. The van der Waals surface area contributed by atoms with Crippen LogP contribution < -0.4 is 22.8 Å². The van der Waals surface area contributed by atoms with E-state index in [-0.39, 0.29) is 41.1 Å². The molecule has 5 aromatic carbocycles. The third-order valence-electron chi connectivity index (χ3n) is 26.3. The van der Waals surface area contributed by atoms with Crippen molar-refractivity contribution < 1.29 is 69.6 Å². The van der Waals surface area contributed by atoms with Gasteiger partial charge in [0.25, 0.3) is 0 Å². The summed E-state index contributed by atoms with van der Waals surface area (Å²) >= 11 is 0. The molecule has 1 fully saturated rings. The van der Waals surface area contributed by atoms with Crippen molar-refractivity contribution in [2.24, 2.45) is 33.6 Å². The van der Waals surface area contributed by atoms with Crippen LogP contribution in [-0.2, 0) is 41.2 Å². The van der Waals surface area contributed by atoms with Crippen LogP contribution in [0, 0.1) is 102 Å². The predicted molar refractivity (Wildman–Crippen MR) is 546 cm³/mol. The molecule has 20 aromatic rings. The normalized spacial score (nSPS) is 16.7. The fourth-order valence-electron chi connectivity index (χ4n) is 19.2. The van der Waals surface area contributed by atoms with Gasteiger partial charge in [-0.25, -0.2) is 43.2 Å². The Morgan fingerprint density at radius 1 is 0.358 bits per heavy atom. The molecule has 15 heteroatoms. The van der Waals surface area contributed by atoms with Crippen LogP contribution in [0.15, 0.2) is 205 Å². The lowest BCUT2D eigenvalue weighted by Gasteiger charge is -2.20. The molecule has 0 saturated heterocycles. The van der Waals surface area contributed by atoms with Gasteiger partial charge in [-0.2, -0.15) is 4.57 Å². The Morgan fingerprint density at radius 3 is 1.13 bits per heavy atom. The number of hydrogen-bond donors (Lipinski definition) is 0. The first-order valence-corrected chi connectivity index (χ1v) is 46.1. The van der Waals surface area contributed by atoms with Crippen molar-refractivity contribution in [1.29, 1.82) is 0 Å². The maximum absolute atomic E-state index is 9.01. The molecule has 0 bridgehead atoms. The van der Waals surface area contributed by atoms with Crippen LogP contribution in [-0.4, -0.2) is 24.9 Å². The van der Waals surface area contributed by atoms with E-state index in [1.807, 2.05) is 164 Å². The van der Waals surface area contributed by atoms with Crippen LogP contribution in [0.3, 0.4) is 0 Å². The first kappa shape index (κ1) is 71.3. The molecule has 134 heavy (non-hydrogen) atoms. The summed E-state index contributed by atoms with van der Waals surface area (Å²) in [6, 6.07) is 50.3. The highest BCUT2D eigenvalue weighted by Gasteiger charge is 2.35. The van der Waals surface area contributed by atoms with E-state index in [4.69, 9.17) is 51.7 Å². The third-order valence-corrected chi connectivity index (χ3v) is 26.3. The number of pyridine rings is 10. The van der Waals surface area contributed by atoms with E-state index in [0.717, 1.165) is 190 Å². The molecule has 0 spiro atoms. The summed E-state index contributed by atoms with van der Waals surface area (Å²) in [7, 11) is 7.66. The van der Waals surface area contributed by atoms with Gasteiger partial charge in [0.15, 0.2) is 65.4 Å². The lowest BCUT2D eigenvalue weighted by molar-refractivity contribution is -0.672. The summed E-state index contributed by atoms with van der Waals surface area (Å²) in [4.78, 5) is 23.0. The first-order valence-electron chi connectivity index (χ1n) is 55.1. The maximum Gasteiger partial charge on any atom is 0.227 e. The zero-order chi connectivity index (χ0) is 110. The van der Waals surface area contributed by atoms with Gasteiger partial charge in [-0.1, -0.05) is 136 Å². The van der Waals surface area contributed by atoms with Crippen molar-refractivity contribution in [2.75, 3.05) is 0 Å². The number of aryl methyl sites for hydroxylation is 18. The van der Waals surface area contributed by atoms with E-state index in [1.54, 1.807) is 55.5 Å². The second-order valence-electron chi connectivity index (χ2n) is 38.6. The summed E-state index contributed by atoms with van der Waals surface area (Å²) in [5, 5.41) is 9.67. The molecule has 1 unspecified atom stereocenters. The van der Waals surface area contributed by atoms with Gasteiger partial charge in [0.05, 0.1) is 27.8 Å². The Hall–Kier alpha value is -13.4. The van der Waals surface area contributed by atoms with Crippen molar-refractivity contribution in [3.05, 3.63) is 295 Å². The van der Waals surface area contributed by atoms with Gasteiger partial charge >= 0.3 is 0 Å². The molecular weight excluding hydrogens is 1650 g/mol. The van der Waals surface area contributed by atoms with Crippen molar-refractivity contribution in [3.63, 3.8) is 0 Å². The number of fused-ring (bicyclic) bond motifs is 19. The van der Waals surface area contributed by atoms with E-state index in [9.17, 15) is 0 Å². The highest BCUT2D eigenvalue weighted by molar-refractivity contribution is 6.13. The van der Waals surface area contributed by atoms with Gasteiger partial charge in [0.1, 0.15) is 28.2 Å². The molecule has 16 heterocycles. The predicted octanol–water partition coefficient (Wildman–Crippen LogP) is 28.5. The van der Waals surface area contributed by atoms with E-state index >= 15 is 0 Å². The van der Waals surface area contributed by atoms with E-state index < -0.39 is 51.9 Å². The van der Waals surface area contributed by atoms with Crippen LogP contribution in [0.2, 0.25) is 0 Å². The van der Waals surface area contributed by atoms with Crippen LogP contribution in [0.1, 0.15) is 254 Å². The second kappa shape index (κ2) is 35.9. The highest BCUT2D eigenvalue weighted by atomic mass is 16.4. The molecule has 680 valence electrons. The number of aromatic nitrogens is 10. The average Bonchev–Trinajstić information content (AvgIpc) is 1.25. The van der Waals surface area contributed by atoms with Crippen LogP contribution in [0.5, 0.6) is 0 Å². The molecular formula is C119H129N10O5+5. The van der Waals surface area contributed by atoms with Gasteiger partial charge in [0.2, 0.25) is 57.0 Å². The molecule has 15 aromatic heterocycles. The van der Waals surface area contributed by atoms with E-state index in [2.05, 4.69) is 159 Å². The SMILES string of the molecule is Cc1ccc2c(n1)oc1c(-c3cc(C)c(C(C)C)c[n+]3C)c(C)ccc12.[2H]C([2H])([2H])C([2H])(C)c1c[n+](C)c(-c2c(C)ccc3c2oc2nc(C)ccc23)cc1C.[2H]C([2H])([2H])c1c[n+](C)c(-c2c(C)ccc3c2oc2nc(C4([2H])C([2H])([2H])CCCC4([2H])[2H])ccc23)cc1C.[2H]C([2H])([2H])c1c[n+](C)c(-c2c(C)ccc3c2oc2nc(CC(C)(C)C)ccc23)cc1C.[2H]C([2H])([2H])c1c[n+]2c(cc1C(C)C)-c1c(ccc3c1oc1nc(C)ccc13)C2. The van der Waals surface area contributed by atoms with Crippen molar-refractivity contribution in [3.8, 4) is 56.3 Å². The minimum atomic E-state index is -2.43. The van der Waals surface area contributed by atoms with Gasteiger partial charge in [0, 0.05) is 177 Å². The third kappa shape index (κ3) is 17.1. The molecule has 1 aliphatic carbocycles. The average molecular weight is 1800 g/mol. The Kier molecular flexibility index (Phi) is 19.1. The van der Waals surface area contributed by atoms with Gasteiger partial charge in [-0.3, -0.25) is 0 Å². The Balaban J connectivity index is 0.000000124. The van der Waals surface area contributed by atoms with Crippen LogP contribution in [0.4, 0.5) is 0 Å². The molecule has 1 saturated carbocycles. The van der Waals surface area contributed by atoms with E-state index in [1.165, 1.54) is 29.3 Å². The number of nitrogens with zero attached hydrogens (tertiary/aromatic N) is 10. The van der Waals surface area contributed by atoms with Gasteiger partial charge in [-0.05, 0) is 256 Å². The first-order chi connectivity index (χ1) is 70.9. The monoisotopic (exact) mass is 1800 g/mol. The lowest BCUT2D eigenvalue weighted by atomic mass is 9.86. The maximum atomic E-state index is 9.01. The minimum absolute atomic E-state index is 0.00968. The molecule has 0 amide bonds. The Labute approximate surface area is 813 Å². The minimum Gasteiger partial charge on any atom is -0.437 e. The number of furan rings is 5. The van der Waals surface area contributed by atoms with E-state index in [0.29, 0.717) is 75.0 Å². The fourth-order valence-corrected chi connectivity index (χ4v) is 19.2. The van der Waals surface area contributed by atoms with Crippen LogP contribution in [0.25, 0.3) is 167 Å². The number of hydrogen-bond acceptors (Lipinski definition) is 10. The summed E-state index contributed by atoms with van der Waals surface area (Å²) in [5.74, 6) is -3.26. The largest absolute Gasteiger partial charge is 0.437 e. The summed E-state index contributed by atoms with van der Waals surface area (Å²) in [6.45, 7) is 30.0. The summed E-state index contributed by atoms with van der Waals surface area (Å²) in [5.41, 5.74) is 32.9. The number of rotatable bonds is 9. The summed E-state index contributed by atoms with van der Waals surface area (Å²) in [6.07, 6.45) is 6.34. The zero-order valence-electron chi connectivity index (χ0n) is 99.0. The van der Waals surface area contributed by atoms with Gasteiger partial charge < -0.3 is 22.1 Å². The van der Waals surface area contributed by atoms with Gasteiger partial charge in [-0.15, -0.1) is 0 Å². The molecule has 1 aliphatic heterocycles. The van der Waals surface area contributed by atoms with Crippen molar-refractivity contribution in [2.45, 2.75) is 228 Å². The van der Waals surface area contributed by atoms with Crippen molar-refractivity contribution in [1.82, 2.24) is 24.9 Å². The molecule has 1 atom stereocenters. The quantitative estimate of drug-likeness (QED) is 0.128. The topological polar surface area (TPSA) is 150 Å².